The molecule has 118 valence electrons. The highest BCUT2D eigenvalue weighted by Crippen LogP contribution is 2.25. The molecule has 3 rings (SSSR count). The van der Waals surface area contributed by atoms with Crippen molar-refractivity contribution in [3.63, 3.8) is 0 Å². The predicted octanol–water partition coefficient (Wildman–Crippen LogP) is 3.23. The van der Waals surface area contributed by atoms with Gasteiger partial charge in [0, 0.05) is 28.3 Å². The zero-order valence-corrected chi connectivity index (χ0v) is 14.1. The Morgan fingerprint density at radius 2 is 1.78 bits per heavy atom. The first-order valence-electron chi connectivity index (χ1n) is 6.98. The van der Waals surface area contributed by atoms with Gasteiger partial charge in [-0.25, -0.2) is 8.42 Å². The largest absolute Gasteiger partial charge is 0.348 e. The predicted molar refractivity (Wildman–Crippen MR) is 92.5 cm³/mol. The molecule has 3 aromatic rings. The van der Waals surface area contributed by atoms with Crippen molar-refractivity contribution in [3.05, 3.63) is 65.0 Å². The van der Waals surface area contributed by atoms with E-state index in [1.54, 1.807) is 35.6 Å². The summed E-state index contributed by atoms with van der Waals surface area (Å²) >= 11 is 1.54. The summed E-state index contributed by atoms with van der Waals surface area (Å²) in [5.74, 6) is -0.130. The molecule has 0 aliphatic rings. The Morgan fingerprint density at radius 1 is 1.09 bits per heavy atom. The second kappa shape index (κ2) is 6.14. The number of sulfone groups is 1. The second-order valence-corrected chi connectivity index (χ2v) is 8.17. The van der Waals surface area contributed by atoms with Gasteiger partial charge in [-0.1, -0.05) is 30.3 Å². The summed E-state index contributed by atoms with van der Waals surface area (Å²) in [7, 11) is -3.20. The van der Waals surface area contributed by atoms with Gasteiger partial charge in [-0.2, -0.15) is 0 Å². The molecule has 4 nitrogen and oxygen atoms in total. The van der Waals surface area contributed by atoms with Crippen molar-refractivity contribution < 1.29 is 13.2 Å². The van der Waals surface area contributed by atoms with Gasteiger partial charge >= 0.3 is 0 Å². The van der Waals surface area contributed by atoms with Crippen LogP contribution in [0.3, 0.4) is 0 Å². The average molecular weight is 345 g/mol. The fraction of sp³-hybridized carbons (Fsp3) is 0.118. The third kappa shape index (κ3) is 3.43. The van der Waals surface area contributed by atoms with E-state index in [0.717, 1.165) is 15.6 Å². The molecule has 0 spiro atoms. The third-order valence-corrected chi connectivity index (χ3v) is 5.62. The first-order valence-corrected chi connectivity index (χ1v) is 9.76. The minimum atomic E-state index is -3.20. The summed E-state index contributed by atoms with van der Waals surface area (Å²) in [6.45, 7) is 0.354. The molecule has 0 saturated carbocycles. The van der Waals surface area contributed by atoms with Gasteiger partial charge in [-0.05, 0) is 23.8 Å². The van der Waals surface area contributed by atoms with Crippen LogP contribution in [-0.2, 0) is 16.4 Å². The molecule has 0 aliphatic heterocycles. The Hall–Kier alpha value is -2.18. The smallest absolute Gasteiger partial charge is 0.253 e. The Balaban J connectivity index is 1.72. The summed E-state index contributed by atoms with van der Waals surface area (Å²) < 4.78 is 23.9. The standard InChI is InChI=1S/C17H15NO3S2/c1-23(20,21)13-8-6-12(7-9-13)10-18-17(19)15-11-22-16-5-3-2-4-14(15)16/h2-9,11H,10H2,1H3,(H,18,19). The first-order chi connectivity index (χ1) is 10.9. The van der Waals surface area contributed by atoms with Crippen molar-refractivity contribution in [2.24, 2.45) is 0 Å². The quantitative estimate of drug-likeness (QED) is 0.789. The lowest BCUT2D eigenvalue weighted by Gasteiger charge is -2.06. The number of carbonyl (C=O) groups excluding carboxylic acids is 1. The monoisotopic (exact) mass is 345 g/mol. The SMILES string of the molecule is CS(=O)(=O)c1ccc(CNC(=O)c2csc3ccccc23)cc1. The molecule has 0 atom stereocenters. The fourth-order valence-corrected chi connectivity index (χ4v) is 3.86. The molecule has 1 aromatic heterocycles. The maximum atomic E-state index is 12.3. The number of hydrogen-bond acceptors (Lipinski definition) is 4. The molecular weight excluding hydrogens is 330 g/mol. The van der Waals surface area contributed by atoms with Crippen LogP contribution in [0.2, 0.25) is 0 Å². The highest BCUT2D eigenvalue weighted by Gasteiger charge is 2.12. The average Bonchev–Trinajstić information content (AvgIpc) is 2.96. The molecule has 0 bridgehead atoms. The molecule has 1 N–H and O–H groups in total. The second-order valence-electron chi connectivity index (χ2n) is 5.24. The Labute approximate surface area is 138 Å². The molecule has 0 fully saturated rings. The maximum Gasteiger partial charge on any atom is 0.253 e. The molecule has 0 aliphatic carbocycles. The maximum absolute atomic E-state index is 12.3. The minimum Gasteiger partial charge on any atom is -0.348 e. The van der Waals surface area contributed by atoms with Crippen molar-refractivity contribution in [1.29, 1.82) is 0 Å². The topological polar surface area (TPSA) is 63.2 Å². The van der Waals surface area contributed by atoms with Gasteiger partial charge < -0.3 is 5.32 Å². The molecule has 0 saturated heterocycles. The summed E-state index contributed by atoms with van der Waals surface area (Å²) in [5, 5.41) is 5.67. The van der Waals surface area contributed by atoms with Crippen LogP contribution in [0, 0.1) is 0 Å². The Morgan fingerprint density at radius 3 is 2.48 bits per heavy atom. The number of rotatable bonds is 4. The summed E-state index contributed by atoms with van der Waals surface area (Å²) in [6.07, 6.45) is 1.17. The van der Waals surface area contributed by atoms with E-state index in [1.165, 1.54) is 6.26 Å². The van der Waals surface area contributed by atoms with Crippen molar-refractivity contribution in [2.75, 3.05) is 6.26 Å². The third-order valence-electron chi connectivity index (χ3n) is 3.53. The highest BCUT2D eigenvalue weighted by molar-refractivity contribution is 7.90. The number of hydrogen-bond donors (Lipinski definition) is 1. The van der Waals surface area contributed by atoms with E-state index in [1.807, 2.05) is 29.6 Å². The van der Waals surface area contributed by atoms with E-state index >= 15 is 0 Å². The van der Waals surface area contributed by atoms with E-state index in [2.05, 4.69) is 5.32 Å². The minimum absolute atomic E-state index is 0.130. The number of nitrogens with one attached hydrogen (secondary N) is 1. The number of carbonyl (C=O) groups is 1. The van der Waals surface area contributed by atoms with Crippen molar-refractivity contribution in [3.8, 4) is 0 Å². The zero-order chi connectivity index (χ0) is 16.4. The lowest BCUT2D eigenvalue weighted by Crippen LogP contribution is -2.22. The van der Waals surface area contributed by atoms with Crippen LogP contribution in [0.5, 0.6) is 0 Å². The van der Waals surface area contributed by atoms with Crippen molar-refractivity contribution >= 4 is 37.2 Å². The highest BCUT2D eigenvalue weighted by atomic mass is 32.2. The van der Waals surface area contributed by atoms with Gasteiger partial charge in [0.15, 0.2) is 9.84 Å². The Bertz CT molecular complexity index is 957. The molecule has 0 radical (unpaired) electrons. The van der Waals surface area contributed by atoms with Crippen LogP contribution in [0.1, 0.15) is 15.9 Å². The van der Waals surface area contributed by atoms with E-state index in [-0.39, 0.29) is 10.8 Å². The molecule has 0 unspecified atom stereocenters. The lowest BCUT2D eigenvalue weighted by atomic mass is 10.1. The van der Waals surface area contributed by atoms with E-state index in [4.69, 9.17) is 0 Å². The van der Waals surface area contributed by atoms with Crippen molar-refractivity contribution in [2.45, 2.75) is 11.4 Å². The van der Waals surface area contributed by atoms with Gasteiger partial charge in [-0.15, -0.1) is 11.3 Å². The van der Waals surface area contributed by atoms with Gasteiger partial charge in [-0.3, -0.25) is 4.79 Å². The molecule has 2 aromatic carbocycles. The van der Waals surface area contributed by atoms with Gasteiger partial charge in [0.2, 0.25) is 0 Å². The summed E-state index contributed by atoms with van der Waals surface area (Å²) in [5.41, 5.74) is 1.52. The van der Waals surface area contributed by atoms with Crippen LogP contribution in [0.15, 0.2) is 58.8 Å². The van der Waals surface area contributed by atoms with E-state index in [0.29, 0.717) is 12.1 Å². The van der Waals surface area contributed by atoms with Crippen LogP contribution in [0.25, 0.3) is 10.1 Å². The number of amides is 1. The van der Waals surface area contributed by atoms with Crippen LogP contribution in [0.4, 0.5) is 0 Å². The van der Waals surface area contributed by atoms with E-state index < -0.39 is 9.84 Å². The normalized spacial score (nSPS) is 11.5. The Kier molecular flexibility index (Phi) is 4.19. The first kappa shape index (κ1) is 15.7. The molecule has 1 amide bonds. The zero-order valence-electron chi connectivity index (χ0n) is 12.4. The van der Waals surface area contributed by atoms with Gasteiger partial charge in [0.1, 0.15) is 0 Å². The molecule has 23 heavy (non-hydrogen) atoms. The molecule has 6 heteroatoms. The molecule has 1 heterocycles. The lowest BCUT2D eigenvalue weighted by molar-refractivity contribution is 0.0953. The van der Waals surface area contributed by atoms with E-state index in [9.17, 15) is 13.2 Å². The van der Waals surface area contributed by atoms with Gasteiger partial charge in [0.25, 0.3) is 5.91 Å². The van der Waals surface area contributed by atoms with Crippen LogP contribution >= 0.6 is 11.3 Å². The van der Waals surface area contributed by atoms with Gasteiger partial charge in [0.05, 0.1) is 10.5 Å². The number of thiophene rings is 1. The van der Waals surface area contributed by atoms with Crippen LogP contribution < -0.4 is 5.32 Å². The van der Waals surface area contributed by atoms with Crippen molar-refractivity contribution in [1.82, 2.24) is 5.32 Å². The summed E-state index contributed by atoms with van der Waals surface area (Å²) in [4.78, 5) is 12.6. The molecular formula is C17H15NO3S2. The fourth-order valence-electron chi connectivity index (χ4n) is 2.29. The summed E-state index contributed by atoms with van der Waals surface area (Å²) in [6, 6.07) is 14.3. The number of benzene rings is 2. The van der Waals surface area contributed by atoms with Crippen LogP contribution in [-0.4, -0.2) is 20.6 Å². The number of fused-ring (bicyclic) bond motifs is 1.